The van der Waals surface area contributed by atoms with Gasteiger partial charge in [-0.3, -0.25) is 0 Å². The molecule has 0 amide bonds. The summed E-state index contributed by atoms with van der Waals surface area (Å²) >= 11 is 0. The Bertz CT molecular complexity index is 667. The Morgan fingerprint density at radius 2 is 1.79 bits per heavy atom. The first-order chi connectivity index (χ1) is 11.5. The van der Waals surface area contributed by atoms with Crippen molar-refractivity contribution in [3.05, 3.63) is 35.0 Å². The van der Waals surface area contributed by atoms with Crippen molar-refractivity contribution in [2.24, 2.45) is 0 Å². The molecule has 0 saturated carbocycles. The summed E-state index contributed by atoms with van der Waals surface area (Å²) in [5, 5.41) is 6.40. The van der Waals surface area contributed by atoms with Crippen LogP contribution in [-0.4, -0.2) is 31.2 Å². The van der Waals surface area contributed by atoms with Crippen molar-refractivity contribution in [2.75, 3.05) is 23.8 Å². The summed E-state index contributed by atoms with van der Waals surface area (Å²) in [7, 11) is 0. The van der Waals surface area contributed by atoms with Crippen molar-refractivity contribution >= 4 is 23.3 Å². The van der Waals surface area contributed by atoms with Gasteiger partial charge in [0.05, 0.1) is 30.2 Å². The monoisotopic (exact) mass is 332 g/mol. The number of carbonyl (C=O) groups excluding carboxylic acids is 2. The van der Waals surface area contributed by atoms with Gasteiger partial charge >= 0.3 is 11.9 Å². The van der Waals surface area contributed by atoms with E-state index in [0.29, 0.717) is 12.1 Å². The Labute approximate surface area is 142 Å². The highest BCUT2D eigenvalue weighted by Crippen LogP contribution is 2.32. The zero-order valence-corrected chi connectivity index (χ0v) is 14.6. The molecule has 0 aromatic heterocycles. The molecule has 2 rings (SSSR count). The molecular weight excluding hydrogens is 308 g/mol. The maximum atomic E-state index is 12.5. The van der Waals surface area contributed by atoms with E-state index in [0.717, 1.165) is 16.9 Å². The van der Waals surface area contributed by atoms with Gasteiger partial charge in [0.15, 0.2) is 6.04 Å². The number of hydrogen-bond acceptors (Lipinski definition) is 6. The van der Waals surface area contributed by atoms with Crippen molar-refractivity contribution in [2.45, 2.75) is 40.2 Å². The molecule has 1 aromatic carbocycles. The third-order valence-corrected chi connectivity index (χ3v) is 3.75. The second-order valence-electron chi connectivity index (χ2n) is 5.47. The van der Waals surface area contributed by atoms with E-state index >= 15 is 0 Å². The number of fused-ring (bicyclic) bond motifs is 1. The van der Waals surface area contributed by atoms with Crippen LogP contribution < -0.4 is 10.6 Å². The first-order valence-electron chi connectivity index (χ1n) is 8.22. The van der Waals surface area contributed by atoms with E-state index in [9.17, 15) is 9.59 Å². The topological polar surface area (TPSA) is 76.7 Å². The van der Waals surface area contributed by atoms with Gasteiger partial charge in [-0.2, -0.15) is 0 Å². The van der Waals surface area contributed by atoms with Crippen LogP contribution in [0.4, 0.5) is 11.4 Å². The highest BCUT2D eigenvalue weighted by molar-refractivity contribution is 6.02. The minimum absolute atomic E-state index is 0.237. The molecule has 0 aliphatic carbocycles. The second-order valence-corrected chi connectivity index (χ2v) is 5.47. The summed E-state index contributed by atoms with van der Waals surface area (Å²) in [5.41, 5.74) is 3.53. The van der Waals surface area contributed by atoms with Gasteiger partial charge in [-0.1, -0.05) is 13.0 Å². The molecule has 24 heavy (non-hydrogen) atoms. The lowest BCUT2D eigenvalue weighted by atomic mass is 10.0. The summed E-state index contributed by atoms with van der Waals surface area (Å²) in [6.45, 7) is 7.83. The molecule has 1 aliphatic rings. The van der Waals surface area contributed by atoms with E-state index in [1.807, 2.05) is 32.0 Å². The Morgan fingerprint density at radius 3 is 2.42 bits per heavy atom. The van der Waals surface area contributed by atoms with Crippen molar-refractivity contribution in [3.63, 3.8) is 0 Å². The van der Waals surface area contributed by atoms with Gasteiger partial charge in [-0.05, 0) is 44.9 Å². The molecule has 0 spiro atoms. The number of rotatable bonds is 5. The van der Waals surface area contributed by atoms with Crippen LogP contribution in [0, 0.1) is 6.92 Å². The largest absolute Gasteiger partial charge is 0.464 e. The predicted molar refractivity (Wildman–Crippen MR) is 92.8 cm³/mol. The Balaban J connectivity index is 2.54. The van der Waals surface area contributed by atoms with Crippen molar-refractivity contribution < 1.29 is 19.1 Å². The van der Waals surface area contributed by atoms with Gasteiger partial charge in [0.25, 0.3) is 0 Å². The van der Waals surface area contributed by atoms with Gasteiger partial charge in [0.1, 0.15) is 0 Å². The Kier molecular flexibility index (Phi) is 5.84. The first kappa shape index (κ1) is 17.8. The third-order valence-electron chi connectivity index (χ3n) is 3.75. The molecule has 1 heterocycles. The van der Waals surface area contributed by atoms with Crippen LogP contribution >= 0.6 is 0 Å². The Morgan fingerprint density at radius 1 is 1.08 bits per heavy atom. The number of nitrogens with one attached hydrogen (secondary N) is 2. The molecule has 0 fully saturated rings. The maximum Gasteiger partial charge on any atom is 0.338 e. The van der Waals surface area contributed by atoms with Gasteiger partial charge in [0, 0.05) is 5.70 Å². The SMILES string of the molecule is CCOC(=O)C1=C(CC)Nc2ccc(C)cc2NC1C(=O)OCC. The zero-order chi connectivity index (χ0) is 17.7. The van der Waals surface area contributed by atoms with E-state index in [4.69, 9.17) is 9.47 Å². The molecule has 1 aromatic rings. The van der Waals surface area contributed by atoms with Gasteiger partial charge < -0.3 is 20.1 Å². The van der Waals surface area contributed by atoms with Crippen LogP contribution in [0.3, 0.4) is 0 Å². The number of hydrogen-bond donors (Lipinski definition) is 2. The molecular formula is C18H24N2O4. The van der Waals surface area contributed by atoms with Crippen LogP contribution in [0.2, 0.25) is 0 Å². The average Bonchev–Trinajstić information content (AvgIpc) is 2.71. The lowest BCUT2D eigenvalue weighted by Crippen LogP contribution is -2.37. The van der Waals surface area contributed by atoms with Crippen molar-refractivity contribution in [1.82, 2.24) is 0 Å². The number of ether oxygens (including phenoxy) is 2. The highest BCUT2D eigenvalue weighted by Gasteiger charge is 2.35. The normalized spacial score (nSPS) is 16.4. The highest BCUT2D eigenvalue weighted by atomic mass is 16.5. The minimum Gasteiger partial charge on any atom is -0.464 e. The van der Waals surface area contributed by atoms with Crippen LogP contribution in [0.5, 0.6) is 0 Å². The summed E-state index contributed by atoms with van der Waals surface area (Å²) in [5.74, 6) is -1.01. The van der Waals surface area contributed by atoms with Crippen LogP contribution in [0.1, 0.15) is 32.8 Å². The molecule has 2 N–H and O–H groups in total. The van der Waals surface area contributed by atoms with Crippen molar-refractivity contribution in [3.8, 4) is 0 Å². The van der Waals surface area contributed by atoms with E-state index in [-0.39, 0.29) is 18.8 Å². The van der Waals surface area contributed by atoms with E-state index in [1.165, 1.54) is 0 Å². The Hall–Kier alpha value is -2.50. The van der Waals surface area contributed by atoms with E-state index < -0.39 is 18.0 Å². The predicted octanol–water partition coefficient (Wildman–Crippen LogP) is 2.99. The minimum atomic E-state index is -0.908. The summed E-state index contributed by atoms with van der Waals surface area (Å²) in [6, 6.07) is 4.91. The van der Waals surface area contributed by atoms with Crippen LogP contribution in [0.25, 0.3) is 0 Å². The molecule has 0 saturated heterocycles. The summed E-state index contributed by atoms with van der Waals surface area (Å²) in [6.07, 6.45) is 0.555. The fourth-order valence-electron chi connectivity index (χ4n) is 2.65. The van der Waals surface area contributed by atoms with Gasteiger partial charge in [0.2, 0.25) is 0 Å². The number of allylic oxidation sites excluding steroid dienone is 1. The average molecular weight is 332 g/mol. The number of anilines is 2. The van der Waals surface area contributed by atoms with E-state index in [2.05, 4.69) is 10.6 Å². The van der Waals surface area contributed by atoms with Crippen molar-refractivity contribution in [1.29, 1.82) is 0 Å². The summed E-state index contributed by atoms with van der Waals surface area (Å²) in [4.78, 5) is 25.0. The molecule has 130 valence electrons. The lowest BCUT2D eigenvalue weighted by molar-refractivity contribution is -0.146. The van der Waals surface area contributed by atoms with Gasteiger partial charge in [-0.25, -0.2) is 9.59 Å². The number of benzene rings is 1. The standard InChI is InChI=1S/C18H24N2O4/c1-5-12-15(17(21)23-6-2)16(18(22)24-7-3)20-14-10-11(4)8-9-13(14)19-12/h8-10,16,19-20H,5-7H2,1-4H3. The fourth-order valence-corrected chi connectivity index (χ4v) is 2.65. The quantitative estimate of drug-likeness (QED) is 0.807. The molecule has 1 atom stereocenters. The van der Waals surface area contributed by atoms with Crippen LogP contribution in [-0.2, 0) is 19.1 Å². The molecule has 1 unspecified atom stereocenters. The summed E-state index contributed by atoms with van der Waals surface area (Å²) < 4.78 is 10.3. The van der Waals surface area contributed by atoms with Crippen LogP contribution in [0.15, 0.2) is 29.5 Å². The lowest BCUT2D eigenvalue weighted by Gasteiger charge is -2.20. The number of aryl methyl sites for hydroxylation is 1. The smallest absolute Gasteiger partial charge is 0.338 e. The van der Waals surface area contributed by atoms with E-state index in [1.54, 1.807) is 13.8 Å². The second kappa shape index (κ2) is 7.86. The maximum absolute atomic E-state index is 12.5. The molecule has 0 bridgehead atoms. The molecule has 6 heteroatoms. The number of carbonyl (C=O) groups is 2. The van der Waals surface area contributed by atoms with Gasteiger partial charge in [-0.15, -0.1) is 0 Å². The molecule has 1 aliphatic heterocycles. The molecule has 6 nitrogen and oxygen atoms in total. The third kappa shape index (κ3) is 3.69. The first-order valence-corrected chi connectivity index (χ1v) is 8.22. The molecule has 0 radical (unpaired) electrons. The number of esters is 2. The fraction of sp³-hybridized carbons (Fsp3) is 0.444. The zero-order valence-electron chi connectivity index (χ0n) is 14.6.